The van der Waals surface area contributed by atoms with Crippen LogP contribution < -0.4 is 0 Å². The van der Waals surface area contributed by atoms with Gasteiger partial charge in [-0.2, -0.15) is 11.1 Å². The molecule has 0 aliphatic heterocycles. The first kappa shape index (κ1) is 20.0. The van der Waals surface area contributed by atoms with Crippen molar-refractivity contribution in [1.29, 1.82) is 0 Å². The maximum absolute atomic E-state index is 11.2. The Morgan fingerprint density at radius 3 is 2.00 bits per heavy atom. The summed E-state index contributed by atoms with van der Waals surface area (Å²) in [5.74, 6) is 0. The van der Waals surface area contributed by atoms with Crippen molar-refractivity contribution in [3.05, 3.63) is 22.3 Å². The summed E-state index contributed by atoms with van der Waals surface area (Å²) >= 11 is -0.438. The van der Waals surface area contributed by atoms with E-state index < -0.39 is 19.7 Å². The molecule has 0 bridgehead atoms. The zero-order valence-electron chi connectivity index (χ0n) is 13.0. The second-order valence-electron chi connectivity index (χ2n) is 5.59. The molecular weight excluding hydrogens is 327 g/mol. The fourth-order valence-corrected chi connectivity index (χ4v) is 2.49. The first-order valence-electron chi connectivity index (χ1n) is 6.15. The van der Waals surface area contributed by atoms with Gasteiger partial charge in [-0.25, -0.2) is 0 Å². The second-order valence-corrected chi connectivity index (χ2v) is 6.57. The molecule has 0 unspecified atom stereocenters. The molecule has 114 valence electrons. The molecule has 0 N–H and O–H groups in total. The second kappa shape index (κ2) is 7.86. The van der Waals surface area contributed by atoms with Crippen molar-refractivity contribution in [1.82, 2.24) is 0 Å². The fraction of sp³-hybridized carbons (Fsp3) is 0.533. The van der Waals surface area contributed by atoms with Crippen molar-refractivity contribution in [3.8, 4) is 0 Å². The summed E-state index contributed by atoms with van der Waals surface area (Å²) in [5.41, 5.74) is 3.21. The first-order chi connectivity index (χ1) is 9.61. The van der Waals surface area contributed by atoms with Gasteiger partial charge in [0, 0.05) is 5.60 Å². The van der Waals surface area contributed by atoms with Crippen LogP contribution >= 0.6 is 0 Å². The fourth-order valence-electron chi connectivity index (χ4n) is 2.34. The molecule has 0 fully saturated rings. The molecule has 1 aliphatic carbocycles. The standard InChI is InChI=1S/C13H18O2Si.2CO.Mn/c1-8-9(2)12(3,4)10(7-14)11(8)13(5,6)15-16;2*1-2;/h1-6H3;;;/q-1;;;. The van der Waals surface area contributed by atoms with Crippen LogP contribution in [0.25, 0.3) is 0 Å². The minimum atomic E-state index is -0.525. The summed E-state index contributed by atoms with van der Waals surface area (Å²) < 4.78 is 5.30. The zero-order valence-corrected chi connectivity index (χ0v) is 15.2. The van der Waals surface area contributed by atoms with Gasteiger partial charge < -0.3 is 9.22 Å². The summed E-state index contributed by atoms with van der Waals surface area (Å²) in [6.45, 7) is 12.1. The van der Waals surface area contributed by atoms with Crippen molar-refractivity contribution in [2.45, 2.75) is 47.1 Å². The molecule has 0 saturated carbocycles. The van der Waals surface area contributed by atoms with E-state index in [1.807, 2.05) is 34.6 Å². The number of rotatable bonds is 3. The van der Waals surface area contributed by atoms with Gasteiger partial charge in [-0.15, -0.1) is 5.57 Å². The quantitative estimate of drug-likeness (QED) is 0.579. The summed E-state index contributed by atoms with van der Waals surface area (Å²) in [4.78, 5) is 32.0. The van der Waals surface area contributed by atoms with Gasteiger partial charge in [0.15, 0.2) is 0 Å². The predicted molar refractivity (Wildman–Crippen MR) is 77.2 cm³/mol. The number of carbonyl (C=O) groups excluding carboxylic acids is 3. The van der Waals surface area contributed by atoms with Crippen LogP contribution in [-0.2, 0) is 32.9 Å². The van der Waals surface area contributed by atoms with Gasteiger partial charge in [0.1, 0.15) is 0 Å². The Bertz CT molecular complexity index is 585. The van der Waals surface area contributed by atoms with Crippen molar-refractivity contribution in [2.75, 3.05) is 0 Å². The van der Waals surface area contributed by atoms with Crippen LogP contribution in [0.3, 0.4) is 0 Å². The Hall–Kier alpha value is -0.994. The third-order valence-corrected chi connectivity index (χ3v) is 4.54. The van der Waals surface area contributed by atoms with Crippen molar-refractivity contribution in [3.63, 3.8) is 0 Å². The monoisotopic (exact) mass is 345 g/mol. The van der Waals surface area contributed by atoms with Crippen LogP contribution in [0.2, 0.25) is 0 Å². The van der Waals surface area contributed by atoms with E-state index in [4.69, 9.17) is 14.0 Å². The SMILES string of the molecule is CC1=C(C)C(C)(C)C([C-]=O)=C1C(C)(C)O[Si].O=[C]=[Mn]=[C]=O. The van der Waals surface area contributed by atoms with Crippen molar-refractivity contribution in [2.24, 2.45) is 5.41 Å². The molecule has 0 saturated heterocycles. The molecule has 1 aliphatic rings. The van der Waals surface area contributed by atoms with E-state index in [0.29, 0.717) is 5.57 Å². The molecular formula is C15H18MnO4Si-. The van der Waals surface area contributed by atoms with Crippen molar-refractivity contribution >= 4 is 26.3 Å². The Balaban J connectivity index is 0.000000690. The van der Waals surface area contributed by atoms with Gasteiger partial charge in [-0.3, -0.25) is 0 Å². The normalized spacial score (nSPS) is 16.7. The van der Waals surface area contributed by atoms with E-state index in [9.17, 15) is 4.79 Å². The maximum atomic E-state index is 11.2. The molecule has 0 spiro atoms. The van der Waals surface area contributed by atoms with E-state index in [2.05, 4.69) is 23.7 Å². The van der Waals surface area contributed by atoms with E-state index in [1.165, 1.54) is 15.1 Å². The molecule has 3 radical (unpaired) electrons. The number of hydrogen-bond donors (Lipinski definition) is 0. The molecule has 0 aromatic heterocycles. The third-order valence-electron chi connectivity index (χ3n) is 3.79. The average Bonchev–Trinajstić information content (AvgIpc) is 2.60. The molecule has 1 rings (SSSR count). The van der Waals surface area contributed by atoms with Crippen LogP contribution in [-0.4, -0.2) is 31.9 Å². The summed E-state index contributed by atoms with van der Waals surface area (Å²) in [5, 5.41) is 0. The molecule has 21 heavy (non-hydrogen) atoms. The van der Waals surface area contributed by atoms with Crippen LogP contribution in [0, 0.1) is 5.41 Å². The van der Waals surface area contributed by atoms with Crippen LogP contribution in [0.5, 0.6) is 0 Å². The zero-order chi connectivity index (χ0) is 16.8. The summed E-state index contributed by atoms with van der Waals surface area (Å²) in [7, 11) is 3.09. The van der Waals surface area contributed by atoms with Gasteiger partial charge >= 0.3 is 33.2 Å². The third kappa shape index (κ3) is 4.24. The topological polar surface area (TPSA) is 60.4 Å². The van der Waals surface area contributed by atoms with E-state index in [1.54, 1.807) is 0 Å². The van der Waals surface area contributed by atoms with Crippen LogP contribution in [0.1, 0.15) is 41.5 Å². The summed E-state index contributed by atoms with van der Waals surface area (Å²) in [6, 6.07) is 0. The molecule has 0 aromatic rings. The van der Waals surface area contributed by atoms with Gasteiger partial charge in [-0.1, -0.05) is 26.3 Å². The predicted octanol–water partition coefficient (Wildman–Crippen LogP) is 1.85. The van der Waals surface area contributed by atoms with E-state index >= 15 is 0 Å². The van der Waals surface area contributed by atoms with Gasteiger partial charge in [0.25, 0.3) is 0 Å². The Morgan fingerprint density at radius 1 is 1.24 bits per heavy atom. The number of allylic oxidation sites excluding steroid dienone is 2. The van der Waals surface area contributed by atoms with Gasteiger partial charge in [-0.05, 0) is 32.5 Å². The summed E-state index contributed by atoms with van der Waals surface area (Å²) in [6.07, 6.45) is 2.09. The minimum absolute atomic E-state index is 0.247. The van der Waals surface area contributed by atoms with Crippen molar-refractivity contribution < 1.29 is 32.9 Å². The first-order valence-corrected chi connectivity index (χ1v) is 7.74. The van der Waals surface area contributed by atoms with E-state index in [0.717, 1.165) is 11.1 Å². The molecule has 0 amide bonds. The molecule has 0 atom stereocenters. The molecule has 4 nitrogen and oxygen atoms in total. The van der Waals surface area contributed by atoms with Gasteiger partial charge in [0.05, 0.1) is 0 Å². The Morgan fingerprint density at radius 2 is 1.71 bits per heavy atom. The van der Waals surface area contributed by atoms with Crippen LogP contribution in [0.15, 0.2) is 22.3 Å². The molecule has 6 heteroatoms. The molecule has 0 heterocycles. The average molecular weight is 345 g/mol. The Kier molecular flexibility index (Phi) is 7.48. The van der Waals surface area contributed by atoms with Gasteiger partial charge in [0.2, 0.25) is 10.5 Å². The van der Waals surface area contributed by atoms with E-state index in [-0.39, 0.29) is 5.41 Å². The Labute approximate surface area is 134 Å². The number of hydrogen-bond acceptors (Lipinski definition) is 4. The van der Waals surface area contributed by atoms with Crippen LogP contribution in [0.4, 0.5) is 0 Å². The molecule has 0 aromatic carbocycles.